The molecule has 0 aromatic heterocycles. The number of anilines is 2. The van der Waals surface area contributed by atoms with Crippen LogP contribution in [0.1, 0.15) is 15.9 Å². The second-order valence-electron chi connectivity index (χ2n) is 7.28. The van der Waals surface area contributed by atoms with Crippen LogP contribution in [0.25, 0.3) is 0 Å². The fourth-order valence-electron chi connectivity index (χ4n) is 3.15. The zero-order chi connectivity index (χ0) is 24.7. The Morgan fingerprint density at radius 2 is 1.41 bits per heavy atom. The van der Waals surface area contributed by atoms with E-state index in [4.69, 9.17) is 21.1 Å². The highest BCUT2D eigenvalue weighted by atomic mass is 35.5. The van der Waals surface area contributed by atoms with Gasteiger partial charge >= 0.3 is 0 Å². The molecule has 0 spiro atoms. The third-order valence-corrected chi connectivity index (χ3v) is 6.46. The molecular formula is C24H23ClN2O6S. The normalized spacial score (nSPS) is 10.9. The SMILES string of the molecule is COc1cc(NC(=O)c2ccccc2)c(OC)cc1NC(=O)CS(=O)(=O)Cc1ccc(Cl)cc1. The zero-order valence-electron chi connectivity index (χ0n) is 18.5. The molecule has 10 heteroatoms. The van der Waals surface area contributed by atoms with Gasteiger partial charge in [-0.15, -0.1) is 0 Å². The Hall–Kier alpha value is -3.56. The lowest BCUT2D eigenvalue weighted by Gasteiger charge is -2.16. The van der Waals surface area contributed by atoms with Crippen molar-refractivity contribution in [2.75, 3.05) is 30.6 Å². The Balaban J connectivity index is 1.75. The standard InChI is InChI=1S/C24H23ClN2O6S/c1-32-21-13-20(27-24(29)17-6-4-3-5-7-17)22(33-2)12-19(21)26-23(28)15-34(30,31)14-16-8-10-18(25)11-9-16/h3-13H,14-15H2,1-2H3,(H,26,28)(H,27,29). The topological polar surface area (TPSA) is 111 Å². The number of hydrogen-bond donors (Lipinski definition) is 2. The third-order valence-electron chi connectivity index (χ3n) is 4.73. The molecule has 0 aliphatic carbocycles. The van der Waals surface area contributed by atoms with Crippen molar-refractivity contribution in [3.05, 3.63) is 82.9 Å². The van der Waals surface area contributed by atoms with Gasteiger partial charge in [0, 0.05) is 22.7 Å². The van der Waals surface area contributed by atoms with E-state index in [0.717, 1.165) is 0 Å². The molecule has 3 rings (SSSR count). The van der Waals surface area contributed by atoms with Crippen LogP contribution in [0.2, 0.25) is 5.02 Å². The Kier molecular flexibility index (Phi) is 8.14. The molecule has 3 aromatic carbocycles. The highest BCUT2D eigenvalue weighted by molar-refractivity contribution is 7.91. The van der Waals surface area contributed by atoms with Crippen LogP contribution >= 0.6 is 11.6 Å². The lowest BCUT2D eigenvalue weighted by Crippen LogP contribution is -2.24. The molecule has 0 heterocycles. The van der Waals surface area contributed by atoms with Crippen LogP contribution in [0.15, 0.2) is 66.7 Å². The van der Waals surface area contributed by atoms with Crippen molar-refractivity contribution in [3.63, 3.8) is 0 Å². The Morgan fingerprint density at radius 1 is 0.853 bits per heavy atom. The molecule has 178 valence electrons. The van der Waals surface area contributed by atoms with Gasteiger partial charge in [-0.25, -0.2) is 8.42 Å². The third kappa shape index (κ3) is 6.72. The first-order valence-electron chi connectivity index (χ1n) is 10.1. The molecule has 2 amide bonds. The maximum Gasteiger partial charge on any atom is 0.255 e. The Bertz CT molecular complexity index is 1280. The lowest BCUT2D eigenvalue weighted by atomic mass is 10.2. The Labute approximate surface area is 202 Å². The van der Waals surface area contributed by atoms with E-state index in [-0.39, 0.29) is 28.8 Å². The van der Waals surface area contributed by atoms with Crippen LogP contribution in [0.3, 0.4) is 0 Å². The highest BCUT2D eigenvalue weighted by Crippen LogP contribution is 2.36. The monoisotopic (exact) mass is 502 g/mol. The molecule has 0 saturated carbocycles. The summed E-state index contributed by atoms with van der Waals surface area (Å²) >= 11 is 5.82. The molecule has 0 bridgehead atoms. The molecule has 8 nitrogen and oxygen atoms in total. The van der Waals surface area contributed by atoms with E-state index in [9.17, 15) is 18.0 Å². The summed E-state index contributed by atoms with van der Waals surface area (Å²) in [5.41, 5.74) is 1.49. The molecule has 0 radical (unpaired) electrons. The maximum absolute atomic E-state index is 12.5. The van der Waals surface area contributed by atoms with E-state index >= 15 is 0 Å². The summed E-state index contributed by atoms with van der Waals surface area (Å²) in [5.74, 6) is -1.66. The number of sulfone groups is 1. The first kappa shape index (κ1) is 25.1. The van der Waals surface area contributed by atoms with Gasteiger partial charge < -0.3 is 20.1 Å². The minimum atomic E-state index is -3.74. The number of hydrogen-bond acceptors (Lipinski definition) is 6. The minimum Gasteiger partial charge on any atom is -0.494 e. The van der Waals surface area contributed by atoms with E-state index in [2.05, 4.69) is 10.6 Å². The average molecular weight is 503 g/mol. The van der Waals surface area contributed by atoms with Crippen LogP contribution in [-0.4, -0.2) is 40.2 Å². The van der Waals surface area contributed by atoms with Crippen molar-refractivity contribution in [1.29, 1.82) is 0 Å². The summed E-state index contributed by atoms with van der Waals surface area (Å²) < 4.78 is 35.6. The number of halogens is 1. The molecule has 0 atom stereocenters. The molecule has 3 aromatic rings. The quantitative estimate of drug-likeness (QED) is 0.454. The molecule has 0 fully saturated rings. The number of carbonyl (C=O) groups is 2. The summed E-state index contributed by atoms with van der Waals surface area (Å²) in [6.07, 6.45) is 0. The van der Waals surface area contributed by atoms with Gasteiger partial charge in [0.1, 0.15) is 17.3 Å². The molecule has 0 aliphatic rings. The van der Waals surface area contributed by atoms with Crippen molar-refractivity contribution in [2.24, 2.45) is 0 Å². The van der Waals surface area contributed by atoms with Crippen LogP contribution in [0, 0.1) is 0 Å². The van der Waals surface area contributed by atoms with Gasteiger partial charge in [0.25, 0.3) is 5.91 Å². The van der Waals surface area contributed by atoms with E-state index in [1.165, 1.54) is 26.4 Å². The number of benzene rings is 3. The number of ether oxygens (including phenoxy) is 2. The molecular weight excluding hydrogens is 480 g/mol. The maximum atomic E-state index is 12.5. The molecule has 0 saturated heterocycles. The van der Waals surface area contributed by atoms with Gasteiger partial charge in [-0.3, -0.25) is 9.59 Å². The smallest absolute Gasteiger partial charge is 0.255 e. The molecule has 34 heavy (non-hydrogen) atoms. The van der Waals surface area contributed by atoms with E-state index in [1.54, 1.807) is 54.6 Å². The highest BCUT2D eigenvalue weighted by Gasteiger charge is 2.20. The van der Waals surface area contributed by atoms with Crippen molar-refractivity contribution >= 4 is 44.6 Å². The van der Waals surface area contributed by atoms with Crippen molar-refractivity contribution < 1.29 is 27.5 Å². The van der Waals surface area contributed by atoms with Gasteiger partial charge in [-0.05, 0) is 29.8 Å². The van der Waals surface area contributed by atoms with Gasteiger partial charge in [0.2, 0.25) is 5.91 Å². The van der Waals surface area contributed by atoms with Gasteiger partial charge in [0.05, 0.1) is 31.3 Å². The largest absolute Gasteiger partial charge is 0.494 e. The van der Waals surface area contributed by atoms with Gasteiger partial charge in [-0.1, -0.05) is 41.9 Å². The first-order valence-corrected chi connectivity index (χ1v) is 12.3. The van der Waals surface area contributed by atoms with Crippen molar-refractivity contribution in [1.82, 2.24) is 0 Å². The number of nitrogens with one attached hydrogen (secondary N) is 2. The summed E-state index contributed by atoms with van der Waals surface area (Å²) in [5, 5.41) is 5.77. The number of rotatable bonds is 9. The van der Waals surface area contributed by atoms with Crippen LogP contribution in [0.5, 0.6) is 11.5 Å². The second-order valence-corrected chi connectivity index (χ2v) is 9.78. The fourth-order valence-corrected chi connectivity index (χ4v) is 4.55. The second kappa shape index (κ2) is 11.0. The zero-order valence-corrected chi connectivity index (χ0v) is 20.1. The predicted octanol–water partition coefficient (Wildman–Crippen LogP) is 4.16. The minimum absolute atomic E-state index is 0.198. The molecule has 0 aliphatic heterocycles. The van der Waals surface area contributed by atoms with Gasteiger partial charge in [-0.2, -0.15) is 0 Å². The number of amides is 2. The molecule has 2 N–H and O–H groups in total. The summed E-state index contributed by atoms with van der Waals surface area (Å²) in [4.78, 5) is 25.0. The van der Waals surface area contributed by atoms with Gasteiger partial charge in [0.15, 0.2) is 9.84 Å². The van der Waals surface area contributed by atoms with Crippen molar-refractivity contribution in [3.8, 4) is 11.5 Å². The van der Waals surface area contributed by atoms with Crippen LogP contribution in [-0.2, 0) is 20.4 Å². The van der Waals surface area contributed by atoms with E-state index < -0.39 is 21.5 Å². The van der Waals surface area contributed by atoms with Crippen molar-refractivity contribution in [2.45, 2.75) is 5.75 Å². The van der Waals surface area contributed by atoms with Crippen LogP contribution in [0.4, 0.5) is 11.4 Å². The molecule has 0 unspecified atom stereocenters. The lowest BCUT2D eigenvalue weighted by molar-refractivity contribution is -0.113. The first-order chi connectivity index (χ1) is 16.2. The summed E-state index contributed by atoms with van der Waals surface area (Å²) in [6.45, 7) is 0. The fraction of sp³-hybridized carbons (Fsp3) is 0.167. The summed E-state index contributed by atoms with van der Waals surface area (Å²) in [7, 11) is -0.950. The predicted molar refractivity (Wildman–Crippen MR) is 132 cm³/mol. The van der Waals surface area contributed by atoms with Crippen LogP contribution < -0.4 is 20.1 Å². The van der Waals surface area contributed by atoms with E-state index in [0.29, 0.717) is 21.8 Å². The summed E-state index contributed by atoms with van der Waals surface area (Å²) in [6, 6.07) is 17.9. The Morgan fingerprint density at radius 3 is 1.97 bits per heavy atom. The van der Waals surface area contributed by atoms with E-state index in [1.807, 2.05) is 0 Å². The number of carbonyl (C=O) groups excluding carboxylic acids is 2. The average Bonchev–Trinajstić information content (AvgIpc) is 2.81. The number of methoxy groups -OCH3 is 2.